The van der Waals surface area contributed by atoms with Gasteiger partial charge >= 0.3 is 0 Å². The lowest BCUT2D eigenvalue weighted by molar-refractivity contribution is 0.316. The number of nitrogens with one attached hydrogen (secondary N) is 1. The van der Waals surface area contributed by atoms with Crippen molar-refractivity contribution in [2.75, 3.05) is 25.0 Å². The van der Waals surface area contributed by atoms with E-state index in [2.05, 4.69) is 30.8 Å². The van der Waals surface area contributed by atoms with Gasteiger partial charge < -0.3 is 10.2 Å². The Kier molecular flexibility index (Phi) is 2.58. The van der Waals surface area contributed by atoms with Crippen molar-refractivity contribution in [3.05, 3.63) is 12.1 Å². The van der Waals surface area contributed by atoms with Crippen molar-refractivity contribution in [2.45, 2.75) is 25.3 Å². The number of likely N-dealkylation sites (tertiary alicyclic amines) is 1. The summed E-state index contributed by atoms with van der Waals surface area (Å²) in [5, 5.41) is 18.9. The van der Waals surface area contributed by atoms with E-state index in [1.165, 1.54) is 37.0 Å². The van der Waals surface area contributed by atoms with Crippen LogP contribution in [0.2, 0.25) is 0 Å². The zero-order valence-electron chi connectivity index (χ0n) is 10.7. The second kappa shape index (κ2) is 4.41. The zero-order valence-corrected chi connectivity index (χ0v) is 10.7. The molecule has 7 nitrogen and oxygen atoms in total. The number of rotatable bonds is 4. The molecule has 0 radical (unpaired) electrons. The van der Waals surface area contributed by atoms with Gasteiger partial charge in [-0.25, -0.2) is 0 Å². The summed E-state index contributed by atoms with van der Waals surface area (Å²) in [7, 11) is 0. The van der Waals surface area contributed by atoms with E-state index in [0.29, 0.717) is 5.65 Å². The first-order valence-electron chi connectivity index (χ1n) is 6.92. The summed E-state index contributed by atoms with van der Waals surface area (Å²) in [5.41, 5.74) is 0.673. The van der Waals surface area contributed by atoms with E-state index < -0.39 is 0 Å². The quantitative estimate of drug-likeness (QED) is 0.858. The molecule has 0 spiro atoms. The van der Waals surface area contributed by atoms with Crippen molar-refractivity contribution >= 4 is 11.5 Å². The van der Waals surface area contributed by atoms with Crippen molar-refractivity contribution in [2.24, 2.45) is 5.92 Å². The van der Waals surface area contributed by atoms with Crippen molar-refractivity contribution in [3.63, 3.8) is 0 Å². The summed E-state index contributed by atoms with van der Waals surface area (Å²) in [4.78, 5) is 2.63. The Labute approximate surface area is 111 Å². The van der Waals surface area contributed by atoms with E-state index in [0.717, 1.165) is 24.3 Å². The molecule has 4 rings (SSSR count). The third-order valence-electron chi connectivity index (χ3n) is 4.02. The van der Waals surface area contributed by atoms with Gasteiger partial charge in [-0.1, -0.05) is 0 Å². The Balaban J connectivity index is 1.36. The summed E-state index contributed by atoms with van der Waals surface area (Å²) < 4.78 is 1.45. The Hall–Kier alpha value is -1.76. The molecule has 3 heterocycles. The fourth-order valence-electron chi connectivity index (χ4n) is 2.79. The van der Waals surface area contributed by atoms with Crippen LogP contribution in [0.25, 0.3) is 5.65 Å². The lowest BCUT2D eigenvalue weighted by atomic mass is 10.1. The molecular weight excluding hydrogens is 242 g/mol. The van der Waals surface area contributed by atoms with Crippen molar-refractivity contribution in [3.8, 4) is 0 Å². The minimum atomic E-state index is 0.673. The predicted octanol–water partition coefficient (Wildman–Crippen LogP) is 0.415. The molecule has 2 aromatic heterocycles. The number of aromatic nitrogens is 5. The molecule has 1 atom stereocenters. The van der Waals surface area contributed by atoms with Gasteiger partial charge in [-0.3, -0.25) is 0 Å². The minimum Gasteiger partial charge on any atom is -0.368 e. The maximum atomic E-state index is 4.32. The van der Waals surface area contributed by atoms with Crippen LogP contribution in [0.5, 0.6) is 0 Å². The van der Waals surface area contributed by atoms with Crippen LogP contribution >= 0.6 is 0 Å². The predicted molar refractivity (Wildman–Crippen MR) is 69.8 cm³/mol. The Morgan fingerprint density at radius 1 is 1.26 bits per heavy atom. The largest absolute Gasteiger partial charge is 0.368 e. The van der Waals surface area contributed by atoms with Gasteiger partial charge in [0.25, 0.3) is 0 Å². The molecule has 2 aromatic rings. The molecule has 1 saturated heterocycles. The number of tetrazole rings is 1. The average molecular weight is 259 g/mol. The van der Waals surface area contributed by atoms with Crippen LogP contribution in [0.4, 0.5) is 5.82 Å². The van der Waals surface area contributed by atoms with E-state index in [-0.39, 0.29) is 0 Å². The third kappa shape index (κ3) is 2.25. The molecule has 0 amide bonds. The Bertz CT molecular complexity index is 576. The standard InChI is InChI=1S/C12H17N7/c1-2-10(1)18-6-5-9(8-18)7-13-11-3-4-12-14-16-17-19(12)15-11/h3-4,9-10H,1-2,5-8H2,(H,13,15). The van der Waals surface area contributed by atoms with E-state index in [1.54, 1.807) is 0 Å². The lowest BCUT2D eigenvalue weighted by Crippen LogP contribution is -2.25. The topological polar surface area (TPSA) is 71.2 Å². The molecule has 1 aliphatic carbocycles. The van der Waals surface area contributed by atoms with Crippen LogP contribution in [0, 0.1) is 5.92 Å². The van der Waals surface area contributed by atoms with Gasteiger partial charge in [0.05, 0.1) is 0 Å². The first-order chi connectivity index (χ1) is 9.38. The highest BCUT2D eigenvalue weighted by molar-refractivity contribution is 5.42. The van der Waals surface area contributed by atoms with Gasteiger partial charge in [-0.15, -0.1) is 14.8 Å². The molecule has 7 heteroatoms. The van der Waals surface area contributed by atoms with Crippen LogP contribution in [0.1, 0.15) is 19.3 Å². The molecular formula is C12H17N7. The number of hydrogen-bond acceptors (Lipinski definition) is 6. The summed E-state index contributed by atoms with van der Waals surface area (Å²) in [6.07, 6.45) is 4.09. The molecule has 19 heavy (non-hydrogen) atoms. The van der Waals surface area contributed by atoms with Crippen LogP contribution in [0.3, 0.4) is 0 Å². The van der Waals surface area contributed by atoms with Gasteiger partial charge in [0.1, 0.15) is 5.82 Å². The monoisotopic (exact) mass is 259 g/mol. The fourth-order valence-corrected chi connectivity index (χ4v) is 2.79. The van der Waals surface area contributed by atoms with E-state index in [9.17, 15) is 0 Å². The molecule has 0 aromatic carbocycles. The van der Waals surface area contributed by atoms with Crippen molar-refractivity contribution in [1.29, 1.82) is 0 Å². The first kappa shape index (κ1) is 11.1. The number of anilines is 1. The van der Waals surface area contributed by atoms with Crippen molar-refractivity contribution < 1.29 is 0 Å². The number of nitrogens with zero attached hydrogens (tertiary/aromatic N) is 6. The summed E-state index contributed by atoms with van der Waals surface area (Å²) in [6.45, 7) is 3.46. The van der Waals surface area contributed by atoms with E-state index in [1.807, 2.05) is 12.1 Å². The van der Waals surface area contributed by atoms with Gasteiger partial charge in [0, 0.05) is 19.1 Å². The van der Waals surface area contributed by atoms with E-state index >= 15 is 0 Å². The molecule has 1 N–H and O–H groups in total. The molecule has 2 aliphatic rings. The van der Waals surface area contributed by atoms with Crippen LogP contribution in [-0.4, -0.2) is 55.8 Å². The third-order valence-corrected chi connectivity index (χ3v) is 4.02. The normalized spacial score (nSPS) is 24.1. The zero-order chi connectivity index (χ0) is 12.7. The minimum absolute atomic E-state index is 0.673. The maximum absolute atomic E-state index is 4.32. The Morgan fingerprint density at radius 2 is 2.21 bits per heavy atom. The second-order valence-corrected chi connectivity index (χ2v) is 5.51. The van der Waals surface area contributed by atoms with Gasteiger partial charge in [-0.2, -0.15) is 0 Å². The number of fused-ring (bicyclic) bond motifs is 1. The summed E-state index contributed by atoms with van der Waals surface area (Å²) in [6, 6.07) is 4.69. The highest BCUT2D eigenvalue weighted by atomic mass is 15.6. The van der Waals surface area contributed by atoms with Crippen LogP contribution in [-0.2, 0) is 0 Å². The summed E-state index contributed by atoms with van der Waals surface area (Å²) >= 11 is 0. The molecule has 0 bridgehead atoms. The highest BCUT2D eigenvalue weighted by Gasteiger charge is 2.34. The molecule has 2 fully saturated rings. The molecule has 100 valence electrons. The summed E-state index contributed by atoms with van der Waals surface area (Å²) in [5.74, 6) is 1.57. The van der Waals surface area contributed by atoms with Gasteiger partial charge in [0.15, 0.2) is 5.65 Å². The molecule has 1 unspecified atom stereocenters. The van der Waals surface area contributed by atoms with Crippen molar-refractivity contribution in [1.82, 2.24) is 30.2 Å². The fraction of sp³-hybridized carbons (Fsp3) is 0.667. The van der Waals surface area contributed by atoms with Gasteiger partial charge in [-0.05, 0) is 54.3 Å². The first-order valence-corrected chi connectivity index (χ1v) is 6.92. The maximum Gasteiger partial charge on any atom is 0.200 e. The lowest BCUT2D eigenvalue weighted by Gasteiger charge is -2.15. The smallest absolute Gasteiger partial charge is 0.200 e. The SMILES string of the molecule is c1cc2nnnn2nc1NCC1CCN(C2CC2)C1. The van der Waals surface area contributed by atoms with Crippen LogP contribution < -0.4 is 5.32 Å². The second-order valence-electron chi connectivity index (χ2n) is 5.51. The molecule has 1 saturated carbocycles. The van der Waals surface area contributed by atoms with E-state index in [4.69, 9.17) is 0 Å². The molecule has 1 aliphatic heterocycles. The number of hydrogen-bond donors (Lipinski definition) is 1. The van der Waals surface area contributed by atoms with Crippen LogP contribution in [0.15, 0.2) is 12.1 Å². The van der Waals surface area contributed by atoms with Gasteiger partial charge in [0.2, 0.25) is 0 Å². The Morgan fingerprint density at radius 3 is 3.11 bits per heavy atom. The average Bonchev–Trinajstić information content (AvgIpc) is 3.01. The highest BCUT2D eigenvalue weighted by Crippen LogP contribution is 2.31.